The minimum absolute atomic E-state index is 0. The molecular formula is C119H100Ir5N8O2-8. The van der Waals surface area contributed by atoms with Crippen molar-refractivity contribution in [2.45, 2.75) is 69.2 Å². The van der Waals surface area contributed by atoms with Crippen LogP contribution in [-0.4, -0.2) is 50.8 Å². The fraction of sp³-hybridized carbons (Fsp3) is 0.0840. The van der Waals surface area contributed by atoms with Gasteiger partial charge in [0.2, 0.25) is 0 Å². The number of aliphatic hydroxyl groups excluding tert-OH is 1. The molecule has 134 heavy (non-hydrogen) atoms. The summed E-state index contributed by atoms with van der Waals surface area (Å²) < 4.78 is 0. The number of pyridine rings is 8. The zero-order valence-electron chi connectivity index (χ0n) is 75.9. The quantitative estimate of drug-likeness (QED) is 0.0714. The number of aryl methyl sites for hydroxylation is 8. The molecule has 0 aliphatic rings. The Morgan fingerprint density at radius 1 is 0.239 bits per heavy atom. The van der Waals surface area contributed by atoms with Crippen LogP contribution in [0.4, 0.5) is 0 Å². The SMILES string of the molecule is CC(=O)C=C(C)O.Cc1cc(-c2[c-]cccc2)ncc1-c1ccccc1.Cc1cc(-c2[c-]cccc2)ncc1-c1ccccc1.Cc1cc(-c2[c-]cccc2)ncc1-c1ccccc1.Cc1ccc[c-]c1-c1ccccn1.Cc1ccc[c-]c1-c1ccccn1.Cc1ccc[c-]c1-c1ccccn1.Cc1ccc[c-]c1-c1ccccn1.Cc1ccnc(-c2[c-]cccc2)c1.[Ir].[Ir].[Ir].[Ir].[Ir]. The molecule has 0 spiro atoms. The summed E-state index contributed by atoms with van der Waals surface area (Å²) in [4.78, 5) is 45.1. The molecule has 15 heteroatoms. The van der Waals surface area contributed by atoms with Crippen LogP contribution in [0.3, 0.4) is 0 Å². The predicted molar refractivity (Wildman–Crippen MR) is 529 cm³/mol. The van der Waals surface area contributed by atoms with E-state index in [1.807, 2.05) is 304 Å². The van der Waals surface area contributed by atoms with Crippen molar-refractivity contribution in [3.8, 4) is 123 Å². The van der Waals surface area contributed by atoms with Crippen LogP contribution in [0, 0.1) is 104 Å². The van der Waals surface area contributed by atoms with Gasteiger partial charge in [-0.2, -0.15) is 0 Å². The van der Waals surface area contributed by atoms with Crippen LogP contribution in [0.2, 0.25) is 0 Å². The van der Waals surface area contributed by atoms with Gasteiger partial charge in [0.05, 0.1) is 5.76 Å². The smallest absolute Gasteiger partial charge is 0.155 e. The first-order valence-electron chi connectivity index (χ1n) is 42.3. The Balaban J connectivity index is 0.000000233. The number of allylic oxidation sites excluding steroid dienone is 2. The zero-order valence-corrected chi connectivity index (χ0v) is 87.9. The van der Waals surface area contributed by atoms with Gasteiger partial charge in [0.15, 0.2) is 5.78 Å². The van der Waals surface area contributed by atoms with E-state index in [2.05, 4.69) is 229 Å². The van der Waals surface area contributed by atoms with Gasteiger partial charge in [0, 0.05) is 173 Å². The van der Waals surface area contributed by atoms with Crippen molar-refractivity contribution >= 4 is 5.78 Å². The predicted octanol–water partition coefficient (Wildman–Crippen LogP) is 28.9. The first-order chi connectivity index (χ1) is 63.0. The van der Waals surface area contributed by atoms with Gasteiger partial charge >= 0.3 is 0 Å². The number of nitrogens with zero attached hydrogens (tertiary/aromatic N) is 8. The number of aromatic nitrogens is 8. The maximum Gasteiger partial charge on any atom is 0.155 e. The molecule has 19 rings (SSSR count). The largest absolute Gasteiger partial charge is 0.512 e. The van der Waals surface area contributed by atoms with E-state index in [1.54, 1.807) is 24.8 Å². The molecule has 0 fully saturated rings. The van der Waals surface area contributed by atoms with Gasteiger partial charge < -0.3 is 45.0 Å². The number of benzene rings is 11. The summed E-state index contributed by atoms with van der Waals surface area (Å²) >= 11 is 0. The van der Waals surface area contributed by atoms with Gasteiger partial charge in [0.1, 0.15) is 0 Å². The normalized spacial score (nSPS) is 9.82. The van der Waals surface area contributed by atoms with Crippen molar-refractivity contribution in [2.75, 3.05) is 0 Å². The molecule has 0 atom stereocenters. The molecule has 8 aromatic heterocycles. The van der Waals surface area contributed by atoms with Crippen LogP contribution in [0.25, 0.3) is 123 Å². The van der Waals surface area contributed by atoms with Crippen LogP contribution in [0.1, 0.15) is 58.4 Å². The van der Waals surface area contributed by atoms with Gasteiger partial charge in [-0.1, -0.05) is 197 Å². The van der Waals surface area contributed by atoms with E-state index in [9.17, 15) is 4.79 Å². The molecule has 10 nitrogen and oxygen atoms in total. The van der Waals surface area contributed by atoms with Crippen molar-refractivity contribution < 1.29 is 110 Å². The van der Waals surface area contributed by atoms with Gasteiger partial charge in [-0.3, -0.25) is 4.79 Å². The molecule has 681 valence electrons. The molecule has 19 aromatic rings. The first kappa shape index (κ1) is 110. The Morgan fingerprint density at radius 2 is 0.478 bits per heavy atom. The second-order valence-electron chi connectivity index (χ2n) is 29.7. The molecule has 0 saturated carbocycles. The van der Waals surface area contributed by atoms with E-state index in [0.717, 1.165) is 90.1 Å². The second kappa shape index (κ2) is 60.3. The van der Waals surface area contributed by atoms with Crippen molar-refractivity contribution in [2.24, 2.45) is 0 Å². The third kappa shape index (κ3) is 35.6. The summed E-state index contributed by atoms with van der Waals surface area (Å²) in [5.41, 5.74) is 33.2. The molecule has 5 radical (unpaired) electrons. The van der Waals surface area contributed by atoms with Crippen LogP contribution < -0.4 is 0 Å². The van der Waals surface area contributed by atoms with Gasteiger partial charge in [-0.15, -0.1) is 285 Å². The summed E-state index contributed by atoms with van der Waals surface area (Å²) in [6.45, 7) is 19.6. The minimum Gasteiger partial charge on any atom is -0.512 e. The van der Waals surface area contributed by atoms with Crippen LogP contribution in [0.15, 0.2) is 425 Å². The van der Waals surface area contributed by atoms with Crippen molar-refractivity contribution in [1.29, 1.82) is 0 Å². The third-order valence-electron chi connectivity index (χ3n) is 19.8. The van der Waals surface area contributed by atoms with Crippen molar-refractivity contribution in [3.63, 3.8) is 0 Å². The number of carbonyl (C=O) groups is 1. The van der Waals surface area contributed by atoms with Crippen LogP contribution in [-0.2, 0) is 105 Å². The number of hydrogen-bond acceptors (Lipinski definition) is 10. The topological polar surface area (TPSA) is 140 Å². The molecule has 8 heterocycles. The van der Waals surface area contributed by atoms with E-state index in [4.69, 9.17) is 5.11 Å². The second-order valence-corrected chi connectivity index (χ2v) is 29.7. The van der Waals surface area contributed by atoms with Gasteiger partial charge in [0.25, 0.3) is 0 Å². The van der Waals surface area contributed by atoms with E-state index < -0.39 is 0 Å². The number of rotatable bonds is 12. The standard InChI is InChI=1S/3C18H14N.5C12H10N.C5H8O2.5Ir/c3*1-14-12-18(16-10-6-3-7-11-16)19-13-17(14)15-8-4-2-5-9-15;4*1-10-6-2-3-7-11(10)12-8-4-5-9-13-12;1-10-7-8-13-12(9-10)11-5-3-2-4-6-11;1-4(6)3-5(2)7;;;;;/h3*2-10,12-13H,1H3;4*2-6,8-9H,1H3;2-5,7-9H,1H3;3,6H,1-2H3;;;;;/q8*-1;;;;;;. The average Bonchev–Trinajstić information content (AvgIpc) is 0.821. The monoisotopic (exact) mass is 2640 g/mol. The maximum absolute atomic E-state index is 10.0. The van der Waals surface area contributed by atoms with Crippen molar-refractivity contribution in [1.82, 2.24) is 39.9 Å². The number of ketones is 1. The third-order valence-corrected chi connectivity index (χ3v) is 19.8. The molecule has 0 saturated heterocycles. The minimum atomic E-state index is -0.125. The van der Waals surface area contributed by atoms with E-state index in [0.29, 0.717) is 0 Å². The molecule has 11 aromatic carbocycles. The van der Waals surface area contributed by atoms with E-state index >= 15 is 0 Å². The summed E-state index contributed by atoms with van der Waals surface area (Å²) in [5.74, 6) is -0.0625. The van der Waals surface area contributed by atoms with Gasteiger partial charge in [-0.05, 0) is 151 Å². The number of aliphatic hydroxyl groups is 1. The maximum atomic E-state index is 10.0. The fourth-order valence-electron chi connectivity index (χ4n) is 13.3. The fourth-order valence-corrected chi connectivity index (χ4v) is 13.3. The molecular weight excluding hydrogens is 2530 g/mol. The van der Waals surface area contributed by atoms with E-state index in [1.165, 1.54) is 97.8 Å². The van der Waals surface area contributed by atoms with E-state index in [-0.39, 0.29) is 112 Å². The van der Waals surface area contributed by atoms with Gasteiger partial charge in [-0.25, -0.2) is 0 Å². The Kier molecular flexibility index (Phi) is 49.4. The Bertz CT molecular complexity index is 5990. The molecule has 0 aliphatic heterocycles. The molecule has 0 amide bonds. The Labute approximate surface area is 859 Å². The number of carbonyl (C=O) groups excluding carboxylic acids is 1. The van der Waals surface area contributed by atoms with Crippen LogP contribution in [0.5, 0.6) is 0 Å². The number of hydrogen-bond donors (Lipinski definition) is 1. The van der Waals surface area contributed by atoms with Crippen LogP contribution >= 0.6 is 0 Å². The summed E-state index contributed by atoms with van der Waals surface area (Å²) in [6, 6.07) is 146. The summed E-state index contributed by atoms with van der Waals surface area (Å²) in [7, 11) is 0. The summed E-state index contributed by atoms with van der Waals surface area (Å²) in [5, 5.41) is 8.36. The Morgan fingerprint density at radius 3 is 0.679 bits per heavy atom. The Hall–Kier alpha value is -12.9. The molecule has 0 unspecified atom stereocenters. The average molecular weight is 2640 g/mol. The summed E-state index contributed by atoms with van der Waals surface area (Å²) in [6.07, 6.45) is 16.0. The molecule has 0 bridgehead atoms. The molecule has 1 N–H and O–H groups in total. The first-order valence-corrected chi connectivity index (χ1v) is 42.3. The van der Waals surface area contributed by atoms with Crippen molar-refractivity contribution in [3.05, 3.63) is 518 Å². The molecule has 0 aliphatic carbocycles. The zero-order chi connectivity index (χ0) is 90.6.